The molecule has 1 amide bonds. The monoisotopic (exact) mass is 621 g/mol. The van der Waals surface area contributed by atoms with E-state index >= 15 is 0 Å². The third kappa shape index (κ3) is 8.21. The molecule has 7 heteroatoms. The third-order valence-electron chi connectivity index (χ3n) is 6.70. The van der Waals surface area contributed by atoms with Gasteiger partial charge in [-0.15, -0.1) is 13.2 Å². The lowest BCUT2D eigenvalue weighted by atomic mass is 10.0. The van der Waals surface area contributed by atoms with Gasteiger partial charge in [-0.25, -0.2) is 4.79 Å². The Labute approximate surface area is 231 Å². The summed E-state index contributed by atoms with van der Waals surface area (Å²) < 4.78 is 18.9. The van der Waals surface area contributed by atoms with Crippen molar-refractivity contribution in [2.75, 3.05) is 13.7 Å². The molecule has 2 rings (SSSR count). The van der Waals surface area contributed by atoms with Gasteiger partial charge in [0.2, 0.25) is 0 Å². The number of hydrogen-bond acceptors (Lipinski definition) is 4. The predicted molar refractivity (Wildman–Crippen MR) is 159 cm³/mol. The standard InChI is InChI=1S/C29H40INO4Si/c1-9-24(19-23-17-14-18-26(33-6)27(23)30)31(28(32)34-21-22-15-12-11-13-16-22)20-25(10-2)35-36(7,8)29(3,4)5/h9-18,24-25H,1-2,19-21H2,3-8H3/t24-,25?/m1/s1. The van der Waals surface area contributed by atoms with E-state index in [1.54, 1.807) is 24.2 Å². The fourth-order valence-corrected chi connectivity index (χ4v) is 5.56. The molecular weight excluding hydrogens is 581 g/mol. The predicted octanol–water partition coefficient (Wildman–Crippen LogP) is 7.61. The number of rotatable bonds is 12. The number of hydrogen-bond donors (Lipinski definition) is 0. The molecule has 0 fully saturated rings. The van der Waals surface area contributed by atoms with Crippen LogP contribution in [0.2, 0.25) is 18.1 Å². The number of carbonyl (C=O) groups excluding carboxylic acids is 1. The summed E-state index contributed by atoms with van der Waals surface area (Å²) in [7, 11) is -0.437. The topological polar surface area (TPSA) is 48.0 Å². The molecule has 0 N–H and O–H groups in total. The summed E-state index contributed by atoms with van der Waals surface area (Å²) in [5, 5.41) is 0.0292. The van der Waals surface area contributed by atoms with Gasteiger partial charge in [-0.05, 0) is 64.3 Å². The molecule has 0 aromatic heterocycles. The fourth-order valence-electron chi connectivity index (χ4n) is 3.47. The number of nitrogens with zero attached hydrogens (tertiary/aromatic N) is 1. The third-order valence-corrected chi connectivity index (χ3v) is 12.4. The van der Waals surface area contributed by atoms with Crippen molar-refractivity contribution in [1.29, 1.82) is 0 Å². The van der Waals surface area contributed by atoms with E-state index in [2.05, 4.69) is 69.6 Å². The molecule has 5 nitrogen and oxygen atoms in total. The van der Waals surface area contributed by atoms with Crippen molar-refractivity contribution in [2.45, 2.75) is 64.1 Å². The Morgan fingerprint density at radius 2 is 1.75 bits per heavy atom. The van der Waals surface area contributed by atoms with Gasteiger partial charge in [0.1, 0.15) is 12.4 Å². The SMILES string of the molecule is C=CC(CN(C(=O)OCc1ccccc1)[C@H](C=C)Cc1cccc(OC)c1I)O[Si](C)(C)C(C)(C)C. The highest BCUT2D eigenvalue weighted by atomic mass is 127. The zero-order chi connectivity index (χ0) is 26.9. The second-order valence-electron chi connectivity index (χ2n) is 10.3. The summed E-state index contributed by atoms with van der Waals surface area (Å²) in [5.74, 6) is 0.805. The van der Waals surface area contributed by atoms with E-state index in [0.717, 1.165) is 20.4 Å². The molecule has 0 saturated heterocycles. The Morgan fingerprint density at radius 1 is 1.08 bits per heavy atom. The summed E-state index contributed by atoms with van der Waals surface area (Å²) in [6.45, 7) is 19.6. The molecule has 0 aliphatic carbocycles. The van der Waals surface area contributed by atoms with Gasteiger partial charge < -0.3 is 13.9 Å². The molecule has 2 aromatic rings. The first kappa shape index (κ1) is 30.1. The van der Waals surface area contributed by atoms with Gasteiger partial charge in [0.25, 0.3) is 0 Å². The second kappa shape index (κ2) is 13.4. The number of halogens is 1. The number of ether oxygens (including phenoxy) is 2. The van der Waals surface area contributed by atoms with Crippen molar-refractivity contribution in [2.24, 2.45) is 0 Å². The van der Waals surface area contributed by atoms with Crippen LogP contribution in [0.3, 0.4) is 0 Å². The zero-order valence-electron chi connectivity index (χ0n) is 22.4. The van der Waals surface area contributed by atoms with E-state index in [0.29, 0.717) is 13.0 Å². The van der Waals surface area contributed by atoms with Crippen LogP contribution < -0.4 is 4.74 Å². The van der Waals surface area contributed by atoms with Crippen molar-refractivity contribution >= 4 is 37.0 Å². The van der Waals surface area contributed by atoms with Crippen molar-refractivity contribution in [3.63, 3.8) is 0 Å². The van der Waals surface area contributed by atoms with Crippen LogP contribution >= 0.6 is 22.6 Å². The zero-order valence-corrected chi connectivity index (χ0v) is 25.6. The lowest BCUT2D eigenvalue weighted by Crippen LogP contribution is -2.50. The van der Waals surface area contributed by atoms with Gasteiger partial charge in [-0.2, -0.15) is 0 Å². The van der Waals surface area contributed by atoms with Gasteiger partial charge in [0, 0.05) is 0 Å². The molecule has 0 aliphatic heterocycles. The normalized spacial score (nSPS) is 13.4. The fraction of sp³-hybridized carbons (Fsp3) is 0.414. The van der Waals surface area contributed by atoms with E-state index in [1.807, 2.05) is 48.5 Å². The number of methoxy groups -OCH3 is 1. The molecule has 0 aliphatic rings. The average molecular weight is 622 g/mol. The highest BCUT2D eigenvalue weighted by Gasteiger charge is 2.39. The molecule has 0 saturated carbocycles. The summed E-state index contributed by atoms with van der Waals surface area (Å²) >= 11 is 2.29. The number of carbonyl (C=O) groups is 1. The van der Waals surface area contributed by atoms with Crippen LogP contribution in [0, 0.1) is 3.57 Å². The molecule has 0 bridgehead atoms. The van der Waals surface area contributed by atoms with Crippen molar-refractivity contribution in [3.8, 4) is 5.75 Å². The molecule has 2 aromatic carbocycles. The maximum Gasteiger partial charge on any atom is 0.410 e. The van der Waals surface area contributed by atoms with E-state index in [1.165, 1.54) is 0 Å². The first-order valence-electron chi connectivity index (χ1n) is 12.1. The van der Waals surface area contributed by atoms with Gasteiger partial charge in [-0.3, -0.25) is 4.90 Å². The minimum atomic E-state index is -2.10. The second-order valence-corrected chi connectivity index (χ2v) is 16.1. The van der Waals surface area contributed by atoms with Crippen LogP contribution in [-0.2, 0) is 22.2 Å². The van der Waals surface area contributed by atoms with E-state index in [9.17, 15) is 4.79 Å². The Bertz CT molecular complexity index is 1020. The van der Waals surface area contributed by atoms with Crippen LogP contribution in [-0.4, -0.2) is 45.1 Å². The van der Waals surface area contributed by atoms with Crippen molar-refractivity contribution in [1.82, 2.24) is 4.90 Å². The largest absolute Gasteiger partial charge is 0.496 e. The highest BCUT2D eigenvalue weighted by molar-refractivity contribution is 14.1. The minimum Gasteiger partial charge on any atom is -0.496 e. The van der Waals surface area contributed by atoms with E-state index in [-0.39, 0.29) is 23.8 Å². The van der Waals surface area contributed by atoms with Crippen LogP contribution in [0.1, 0.15) is 31.9 Å². The lowest BCUT2D eigenvalue weighted by molar-refractivity contribution is 0.0708. The molecule has 36 heavy (non-hydrogen) atoms. The first-order chi connectivity index (χ1) is 16.9. The number of amides is 1. The van der Waals surface area contributed by atoms with Crippen LogP contribution in [0.15, 0.2) is 73.8 Å². The van der Waals surface area contributed by atoms with E-state index < -0.39 is 14.4 Å². The summed E-state index contributed by atoms with van der Waals surface area (Å²) in [5.41, 5.74) is 2.00. The molecule has 2 atom stereocenters. The van der Waals surface area contributed by atoms with E-state index in [4.69, 9.17) is 13.9 Å². The smallest absolute Gasteiger partial charge is 0.410 e. The quantitative estimate of drug-likeness (QED) is 0.139. The van der Waals surface area contributed by atoms with Crippen LogP contribution in [0.5, 0.6) is 5.75 Å². The lowest BCUT2D eigenvalue weighted by Gasteiger charge is -2.40. The Balaban J connectivity index is 2.33. The molecule has 1 unspecified atom stereocenters. The van der Waals surface area contributed by atoms with Gasteiger partial charge in [0.05, 0.1) is 29.4 Å². The van der Waals surface area contributed by atoms with Gasteiger partial charge in [-0.1, -0.05) is 75.4 Å². The Hall–Kier alpha value is -2.10. The van der Waals surface area contributed by atoms with Crippen molar-refractivity contribution in [3.05, 3.63) is 88.5 Å². The maximum absolute atomic E-state index is 13.5. The molecular formula is C29H40INO4Si. The average Bonchev–Trinajstić information content (AvgIpc) is 2.84. The molecule has 0 heterocycles. The Kier molecular flexibility index (Phi) is 11.2. The maximum atomic E-state index is 13.5. The molecule has 196 valence electrons. The highest BCUT2D eigenvalue weighted by Crippen LogP contribution is 2.37. The summed E-state index contributed by atoms with van der Waals surface area (Å²) in [6, 6.07) is 15.3. The Morgan fingerprint density at radius 3 is 2.31 bits per heavy atom. The van der Waals surface area contributed by atoms with Crippen LogP contribution in [0.4, 0.5) is 4.79 Å². The molecule has 0 radical (unpaired) electrons. The minimum absolute atomic E-state index is 0.0292. The summed E-state index contributed by atoms with van der Waals surface area (Å²) in [4.78, 5) is 15.2. The first-order valence-corrected chi connectivity index (χ1v) is 16.1. The van der Waals surface area contributed by atoms with Crippen LogP contribution in [0.25, 0.3) is 0 Å². The summed E-state index contributed by atoms with van der Waals surface area (Å²) in [6.07, 6.45) is 3.41. The van der Waals surface area contributed by atoms with Gasteiger partial charge in [0.15, 0.2) is 8.32 Å². The molecule has 0 spiro atoms. The van der Waals surface area contributed by atoms with Crippen molar-refractivity contribution < 1.29 is 18.7 Å². The number of benzene rings is 2. The van der Waals surface area contributed by atoms with Gasteiger partial charge >= 0.3 is 6.09 Å².